The number of para-hydroxylation sites is 1. The van der Waals surface area contributed by atoms with Gasteiger partial charge in [-0.25, -0.2) is 0 Å². The van der Waals surface area contributed by atoms with Gasteiger partial charge in [-0.3, -0.25) is 4.79 Å². The molecule has 21 heavy (non-hydrogen) atoms. The molecule has 0 fully saturated rings. The van der Waals surface area contributed by atoms with Crippen molar-refractivity contribution in [3.8, 4) is 11.5 Å². The topological polar surface area (TPSA) is 26.3 Å². The van der Waals surface area contributed by atoms with Crippen LogP contribution in [0.3, 0.4) is 0 Å². The molecular formula is C18H13ClO2. The number of rotatable bonds is 3. The number of halogens is 1. The van der Waals surface area contributed by atoms with Crippen molar-refractivity contribution >= 4 is 28.2 Å². The van der Waals surface area contributed by atoms with Crippen molar-refractivity contribution in [1.29, 1.82) is 0 Å². The van der Waals surface area contributed by atoms with Crippen LogP contribution in [0.5, 0.6) is 11.5 Å². The monoisotopic (exact) mass is 296 g/mol. The van der Waals surface area contributed by atoms with Crippen LogP contribution in [0.2, 0.25) is 5.02 Å². The summed E-state index contributed by atoms with van der Waals surface area (Å²) in [6.07, 6.45) is 0. The number of benzene rings is 3. The van der Waals surface area contributed by atoms with E-state index in [0.717, 1.165) is 10.8 Å². The van der Waals surface area contributed by atoms with E-state index in [9.17, 15) is 4.79 Å². The Balaban J connectivity index is 2.11. The molecule has 0 unspecified atom stereocenters. The Morgan fingerprint density at radius 1 is 0.857 bits per heavy atom. The number of fused-ring (bicyclic) bond motifs is 1. The van der Waals surface area contributed by atoms with Gasteiger partial charge in [0.05, 0.1) is 5.56 Å². The maximum absolute atomic E-state index is 11.7. The Labute approximate surface area is 127 Å². The van der Waals surface area contributed by atoms with Gasteiger partial charge in [0.2, 0.25) is 0 Å². The van der Waals surface area contributed by atoms with Crippen molar-refractivity contribution in [2.24, 2.45) is 0 Å². The largest absolute Gasteiger partial charge is 0.456 e. The van der Waals surface area contributed by atoms with Gasteiger partial charge in [0.1, 0.15) is 11.5 Å². The second-order valence-corrected chi connectivity index (χ2v) is 5.15. The SMILES string of the molecule is CC(=O)c1ccccc1Oc1ccc(Cl)c2ccccc12. The van der Waals surface area contributed by atoms with Crippen molar-refractivity contribution in [3.63, 3.8) is 0 Å². The first-order valence-corrected chi connectivity index (χ1v) is 6.99. The third-order valence-corrected chi connectivity index (χ3v) is 3.65. The van der Waals surface area contributed by atoms with Gasteiger partial charge in [-0.2, -0.15) is 0 Å². The normalized spacial score (nSPS) is 10.6. The van der Waals surface area contributed by atoms with Gasteiger partial charge in [0.15, 0.2) is 5.78 Å². The molecule has 2 nitrogen and oxygen atoms in total. The molecule has 3 aromatic carbocycles. The summed E-state index contributed by atoms with van der Waals surface area (Å²) in [4.78, 5) is 11.7. The Hall–Kier alpha value is -2.32. The van der Waals surface area contributed by atoms with E-state index in [0.29, 0.717) is 22.1 Å². The third-order valence-electron chi connectivity index (χ3n) is 3.32. The summed E-state index contributed by atoms with van der Waals surface area (Å²) in [7, 11) is 0. The second-order valence-electron chi connectivity index (χ2n) is 4.75. The number of hydrogen-bond donors (Lipinski definition) is 0. The quantitative estimate of drug-likeness (QED) is 0.598. The van der Waals surface area contributed by atoms with Gasteiger partial charge in [-0.05, 0) is 31.2 Å². The molecule has 0 heterocycles. The predicted molar refractivity (Wildman–Crippen MR) is 85.5 cm³/mol. The maximum atomic E-state index is 11.7. The number of ketones is 1. The first-order chi connectivity index (χ1) is 10.2. The summed E-state index contributed by atoms with van der Waals surface area (Å²) in [6.45, 7) is 1.53. The van der Waals surface area contributed by atoms with Crippen LogP contribution in [0.4, 0.5) is 0 Å². The van der Waals surface area contributed by atoms with Crippen LogP contribution in [-0.2, 0) is 0 Å². The van der Waals surface area contributed by atoms with Gasteiger partial charge in [0, 0.05) is 15.8 Å². The fraction of sp³-hybridized carbons (Fsp3) is 0.0556. The lowest BCUT2D eigenvalue weighted by Crippen LogP contribution is -1.97. The molecule has 0 radical (unpaired) electrons. The molecule has 0 amide bonds. The van der Waals surface area contributed by atoms with Crippen molar-refractivity contribution in [2.45, 2.75) is 6.92 Å². The van der Waals surface area contributed by atoms with E-state index in [4.69, 9.17) is 16.3 Å². The molecule has 104 valence electrons. The zero-order valence-electron chi connectivity index (χ0n) is 11.5. The maximum Gasteiger partial charge on any atom is 0.163 e. The molecule has 0 saturated heterocycles. The van der Waals surface area contributed by atoms with Gasteiger partial charge in [-0.15, -0.1) is 0 Å². The van der Waals surface area contributed by atoms with E-state index in [2.05, 4.69) is 0 Å². The standard InChI is InChI=1S/C18H13ClO2/c1-12(20)13-6-4-5-9-17(13)21-18-11-10-16(19)14-7-2-3-8-15(14)18/h2-11H,1H3. The molecule has 3 aromatic rings. The number of carbonyl (C=O) groups is 1. The highest BCUT2D eigenvalue weighted by Crippen LogP contribution is 2.35. The van der Waals surface area contributed by atoms with E-state index < -0.39 is 0 Å². The van der Waals surface area contributed by atoms with Crippen molar-refractivity contribution < 1.29 is 9.53 Å². The highest BCUT2D eigenvalue weighted by Gasteiger charge is 2.11. The molecule has 3 rings (SSSR count). The minimum atomic E-state index is -0.0242. The molecule has 0 bridgehead atoms. The Kier molecular flexibility index (Phi) is 3.63. The lowest BCUT2D eigenvalue weighted by molar-refractivity contribution is 0.101. The molecule has 0 atom stereocenters. The van der Waals surface area contributed by atoms with Crippen LogP contribution in [0.15, 0.2) is 60.7 Å². The van der Waals surface area contributed by atoms with Crippen LogP contribution < -0.4 is 4.74 Å². The Bertz CT molecular complexity index is 824. The number of Topliss-reactive ketones (excluding diaryl/α,β-unsaturated/α-hetero) is 1. The fourth-order valence-electron chi connectivity index (χ4n) is 2.29. The average molecular weight is 297 g/mol. The third kappa shape index (κ3) is 2.63. The lowest BCUT2D eigenvalue weighted by atomic mass is 10.1. The second kappa shape index (κ2) is 5.58. The molecule has 0 aliphatic carbocycles. The van der Waals surface area contributed by atoms with Crippen LogP contribution in [0.25, 0.3) is 10.8 Å². The van der Waals surface area contributed by atoms with Crippen LogP contribution in [0, 0.1) is 0 Å². The smallest absolute Gasteiger partial charge is 0.163 e. The molecule has 0 N–H and O–H groups in total. The fourth-order valence-corrected chi connectivity index (χ4v) is 2.52. The minimum absolute atomic E-state index is 0.0242. The highest BCUT2D eigenvalue weighted by molar-refractivity contribution is 6.35. The van der Waals surface area contributed by atoms with Gasteiger partial charge in [0.25, 0.3) is 0 Å². The molecule has 0 aliphatic rings. The molecule has 0 spiro atoms. The summed E-state index contributed by atoms with van der Waals surface area (Å²) >= 11 is 6.20. The summed E-state index contributed by atoms with van der Waals surface area (Å²) in [5.41, 5.74) is 0.566. The average Bonchev–Trinajstić information content (AvgIpc) is 2.51. The number of carbonyl (C=O) groups excluding carboxylic acids is 1. The van der Waals surface area contributed by atoms with Crippen LogP contribution in [0.1, 0.15) is 17.3 Å². The summed E-state index contributed by atoms with van der Waals surface area (Å²) in [6, 6.07) is 18.6. The van der Waals surface area contributed by atoms with Gasteiger partial charge < -0.3 is 4.74 Å². The van der Waals surface area contributed by atoms with E-state index in [1.165, 1.54) is 6.92 Å². The minimum Gasteiger partial charge on any atom is -0.456 e. The molecule has 3 heteroatoms. The van der Waals surface area contributed by atoms with Crippen molar-refractivity contribution in [3.05, 3.63) is 71.2 Å². The molecule has 0 aromatic heterocycles. The van der Waals surface area contributed by atoms with Gasteiger partial charge in [-0.1, -0.05) is 48.0 Å². The summed E-state index contributed by atoms with van der Waals surface area (Å²) in [5, 5.41) is 2.53. The zero-order valence-corrected chi connectivity index (χ0v) is 12.2. The van der Waals surface area contributed by atoms with E-state index in [-0.39, 0.29) is 5.78 Å². The number of ether oxygens (including phenoxy) is 1. The molecular weight excluding hydrogens is 284 g/mol. The van der Waals surface area contributed by atoms with Crippen molar-refractivity contribution in [1.82, 2.24) is 0 Å². The zero-order chi connectivity index (χ0) is 14.8. The van der Waals surface area contributed by atoms with Crippen LogP contribution in [-0.4, -0.2) is 5.78 Å². The van der Waals surface area contributed by atoms with E-state index in [1.807, 2.05) is 42.5 Å². The van der Waals surface area contributed by atoms with Crippen molar-refractivity contribution in [2.75, 3.05) is 0 Å². The summed E-state index contributed by atoms with van der Waals surface area (Å²) < 4.78 is 5.96. The Morgan fingerprint density at radius 2 is 1.52 bits per heavy atom. The molecule has 0 aliphatic heterocycles. The van der Waals surface area contributed by atoms with E-state index >= 15 is 0 Å². The predicted octanol–water partition coefficient (Wildman–Crippen LogP) is 5.49. The van der Waals surface area contributed by atoms with E-state index in [1.54, 1.807) is 18.2 Å². The highest BCUT2D eigenvalue weighted by atomic mass is 35.5. The van der Waals surface area contributed by atoms with Crippen LogP contribution >= 0.6 is 11.6 Å². The first-order valence-electron chi connectivity index (χ1n) is 6.62. The Morgan fingerprint density at radius 3 is 2.29 bits per heavy atom. The van der Waals surface area contributed by atoms with Gasteiger partial charge >= 0.3 is 0 Å². The number of hydrogen-bond acceptors (Lipinski definition) is 2. The summed E-state index contributed by atoms with van der Waals surface area (Å²) in [5.74, 6) is 1.21. The lowest BCUT2D eigenvalue weighted by Gasteiger charge is -2.12. The molecule has 0 saturated carbocycles. The first kappa shape index (κ1) is 13.7.